The van der Waals surface area contributed by atoms with Crippen molar-refractivity contribution in [3.8, 4) is 0 Å². The Bertz CT molecular complexity index is 501. The third-order valence-electron chi connectivity index (χ3n) is 3.86. The van der Waals surface area contributed by atoms with Crippen molar-refractivity contribution in [1.82, 2.24) is 0 Å². The summed E-state index contributed by atoms with van der Waals surface area (Å²) in [6.45, 7) is 4.05. The average Bonchev–Trinajstić information content (AvgIpc) is 2.46. The second-order valence-corrected chi connectivity index (χ2v) is 5.79. The molecule has 1 aromatic carbocycles. The minimum atomic E-state index is -4.80. The molecule has 0 radical (unpaired) electrons. The average molecular weight is 270 g/mol. The van der Waals surface area contributed by atoms with Crippen LogP contribution < -0.4 is 0 Å². The van der Waals surface area contributed by atoms with E-state index in [0.717, 1.165) is 36.8 Å². The van der Waals surface area contributed by atoms with Gasteiger partial charge in [0, 0.05) is 5.56 Å². The number of alkyl halides is 3. The molecule has 19 heavy (non-hydrogen) atoms. The molecular weight excluding hydrogens is 253 g/mol. The van der Waals surface area contributed by atoms with E-state index in [9.17, 15) is 18.0 Å². The number of rotatable bonds is 1. The molecule has 0 saturated heterocycles. The highest BCUT2D eigenvalue weighted by Gasteiger charge is 2.40. The van der Waals surface area contributed by atoms with E-state index in [4.69, 9.17) is 0 Å². The molecule has 1 aromatic rings. The Hall–Kier alpha value is -1.32. The molecule has 0 aliphatic heterocycles. The van der Waals surface area contributed by atoms with Gasteiger partial charge in [0.15, 0.2) is 0 Å². The number of carbonyl (C=O) groups excluding carboxylic acids is 1. The van der Waals surface area contributed by atoms with Gasteiger partial charge in [-0.2, -0.15) is 13.2 Å². The van der Waals surface area contributed by atoms with Gasteiger partial charge in [0.2, 0.25) is 0 Å². The molecule has 0 N–H and O–H groups in total. The van der Waals surface area contributed by atoms with Gasteiger partial charge in [0.25, 0.3) is 5.78 Å². The fraction of sp³-hybridized carbons (Fsp3) is 0.533. The van der Waals surface area contributed by atoms with Gasteiger partial charge >= 0.3 is 6.18 Å². The molecular formula is C15H17F3O. The van der Waals surface area contributed by atoms with Gasteiger partial charge in [-0.15, -0.1) is 0 Å². The third-order valence-corrected chi connectivity index (χ3v) is 3.86. The van der Waals surface area contributed by atoms with Crippen LogP contribution >= 0.6 is 0 Å². The number of fused-ring (bicyclic) bond motifs is 1. The van der Waals surface area contributed by atoms with Crippen LogP contribution in [0.25, 0.3) is 0 Å². The summed E-state index contributed by atoms with van der Waals surface area (Å²) in [7, 11) is 0. The van der Waals surface area contributed by atoms with E-state index in [0.29, 0.717) is 0 Å². The molecule has 0 amide bonds. The van der Waals surface area contributed by atoms with Crippen molar-refractivity contribution in [3.05, 3.63) is 34.9 Å². The number of carbonyl (C=O) groups is 1. The number of hydrogen-bond acceptors (Lipinski definition) is 1. The lowest BCUT2D eigenvalue weighted by Crippen LogP contribution is -2.24. The quantitative estimate of drug-likeness (QED) is 0.545. The normalized spacial score (nSPS) is 18.6. The maximum atomic E-state index is 12.5. The minimum absolute atomic E-state index is 0.173. The third kappa shape index (κ3) is 2.82. The van der Waals surface area contributed by atoms with Crippen molar-refractivity contribution >= 4 is 5.78 Å². The van der Waals surface area contributed by atoms with Crippen LogP contribution in [0.2, 0.25) is 0 Å². The zero-order valence-electron chi connectivity index (χ0n) is 11.1. The monoisotopic (exact) mass is 270 g/mol. The molecule has 0 bridgehead atoms. The molecule has 4 heteroatoms. The van der Waals surface area contributed by atoms with Crippen molar-refractivity contribution in [2.45, 2.75) is 51.1 Å². The van der Waals surface area contributed by atoms with Crippen LogP contribution in [0.5, 0.6) is 0 Å². The molecule has 0 unspecified atom stereocenters. The van der Waals surface area contributed by atoms with E-state index < -0.39 is 12.0 Å². The summed E-state index contributed by atoms with van der Waals surface area (Å²) in [6, 6.07) is 4.42. The number of halogens is 3. The summed E-state index contributed by atoms with van der Waals surface area (Å²) >= 11 is 0. The van der Waals surface area contributed by atoms with Gasteiger partial charge in [0.05, 0.1) is 0 Å². The van der Waals surface area contributed by atoms with Crippen molar-refractivity contribution in [2.75, 3.05) is 0 Å². The van der Waals surface area contributed by atoms with Crippen LogP contribution in [0.15, 0.2) is 18.2 Å². The lowest BCUT2D eigenvalue weighted by atomic mass is 9.79. The Morgan fingerprint density at radius 3 is 2.53 bits per heavy atom. The van der Waals surface area contributed by atoms with E-state index in [1.54, 1.807) is 6.07 Å². The SMILES string of the molecule is CC1(C)CCCCc2ccc(C(=O)C(F)(F)F)cc21. The maximum absolute atomic E-state index is 12.5. The van der Waals surface area contributed by atoms with Gasteiger partial charge in [-0.25, -0.2) is 0 Å². The van der Waals surface area contributed by atoms with Crippen molar-refractivity contribution in [1.29, 1.82) is 0 Å². The fourth-order valence-electron chi connectivity index (χ4n) is 2.75. The molecule has 1 aliphatic rings. The van der Waals surface area contributed by atoms with Crippen LogP contribution in [0.4, 0.5) is 13.2 Å². The predicted octanol–water partition coefficient (Wildman–Crippen LogP) is 4.44. The van der Waals surface area contributed by atoms with Crippen LogP contribution in [-0.2, 0) is 11.8 Å². The second-order valence-electron chi connectivity index (χ2n) is 5.79. The number of benzene rings is 1. The molecule has 0 spiro atoms. The number of hydrogen-bond donors (Lipinski definition) is 0. The summed E-state index contributed by atoms with van der Waals surface area (Å²) in [5.41, 5.74) is 1.54. The summed E-state index contributed by atoms with van der Waals surface area (Å²) in [5.74, 6) is -1.75. The van der Waals surface area contributed by atoms with Gasteiger partial charge in [0.1, 0.15) is 0 Å². The Balaban J connectivity index is 2.48. The van der Waals surface area contributed by atoms with E-state index in [1.807, 2.05) is 13.8 Å². The standard InChI is InChI=1S/C15H17F3O/c1-14(2)8-4-3-5-10-6-7-11(9-12(10)14)13(19)15(16,17)18/h6-7,9H,3-5,8H2,1-2H3. The Morgan fingerprint density at radius 2 is 1.89 bits per heavy atom. The topological polar surface area (TPSA) is 17.1 Å². The number of aryl methyl sites for hydroxylation is 1. The lowest BCUT2D eigenvalue weighted by Gasteiger charge is -2.26. The Labute approximate surface area is 110 Å². The summed E-state index contributed by atoms with van der Waals surface area (Å²) in [6.07, 6.45) is -0.890. The van der Waals surface area contributed by atoms with Gasteiger partial charge in [-0.3, -0.25) is 4.79 Å². The maximum Gasteiger partial charge on any atom is 0.454 e. The second kappa shape index (κ2) is 4.66. The fourth-order valence-corrected chi connectivity index (χ4v) is 2.75. The van der Waals surface area contributed by atoms with Crippen molar-refractivity contribution in [2.24, 2.45) is 0 Å². The first-order valence-electron chi connectivity index (χ1n) is 6.47. The van der Waals surface area contributed by atoms with Crippen LogP contribution in [0.3, 0.4) is 0 Å². The first-order valence-corrected chi connectivity index (χ1v) is 6.47. The molecule has 0 heterocycles. The van der Waals surface area contributed by atoms with Crippen LogP contribution in [0.1, 0.15) is 54.6 Å². The highest BCUT2D eigenvalue weighted by molar-refractivity contribution is 6.00. The first kappa shape index (κ1) is 14.1. The number of ketones is 1. The highest BCUT2D eigenvalue weighted by atomic mass is 19.4. The van der Waals surface area contributed by atoms with Crippen LogP contribution in [0, 0.1) is 0 Å². The molecule has 2 rings (SSSR count). The van der Waals surface area contributed by atoms with Crippen LogP contribution in [-0.4, -0.2) is 12.0 Å². The van der Waals surface area contributed by atoms with Gasteiger partial charge in [-0.05, 0) is 41.9 Å². The minimum Gasteiger partial charge on any atom is -0.284 e. The van der Waals surface area contributed by atoms with E-state index in [2.05, 4.69) is 0 Å². The van der Waals surface area contributed by atoms with Crippen molar-refractivity contribution in [3.63, 3.8) is 0 Å². The molecule has 0 fully saturated rings. The Morgan fingerprint density at radius 1 is 1.21 bits per heavy atom. The highest BCUT2D eigenvalue weighted by Crippen LogP contribution is 2.36. The van der Waals surface area contributed by atoms with Crippen molar-refractivity contribution < 1.29 is 18.0 Å². The molecule has 104 valence electrons. The molecule has 1 aliphatic carbocycles. The predicted molar refractivity (Wildman–Crippen MR) is 67.4 cm³/mol. The van der Waals surface area contributed by atoms with E-state index in [1.165, 1.54) is 12.1 Å². The zero-order chi connectivity index (χ0) is 14.3. The lowest BCUT2D eigenvalue weighted by molar-refractivity contribution is -0.0885. The molecule has 0 aromatic heterocycles. The molecule has 0 atom stereocenters. The molecule has 1 nitrogen and oxygen atoms in total. The summed E-state index contributed by atoms with van der Waals surface area (Å²) in [4.78, 5) is 11.3. The van der Waals surface area contributed by atoms with Gasteiger partial charge in [-0.1, -0.05) is 32.4 Å². The Kier molecular flexibility index (Phi) is 3.45. The summed E-state index contributed by atoms with van der Waals surface area (Å²) in [5, 5.41) is 0. The summed E-state index contributed by atoms with van der Waals surface area (Å²) < 4.78 is 37.5. The molecule has 0 saturated carbocycles. The zero-order valence-corrected chi connectivity index (χ0v) is 11.1. The van der Waals surface area contributed by atoms with Gasteiger partial charge < -0.3 is 0 Å². The van der Waals surface area contributed by atoms with E-state index in [-0.39, 0.29) is 11.0 Å². The first-order chi connectivity index (χ1) is 8.72. The smallest absolute Gasteiger partial charge is 0.284 e. The largest absolute Gasteiger partial charge is 0.454 e. The number of Topliss-reactive ketones (excluding diaryl/α,β-unsaturated/α-hetero) is 1. The van der Waals surface area contributed by atoms with E-state index >= 15 is 0 Å².